The number of hydrogen-bond donors (Lipinski definition) is 0. The molecule has 0 radical (unpaired) electrons. The fourth-order valence-corrected chi connectivity index (χ4v) is 2.14. The Morgan fingerprint density at radius 1 is 1.20 bits per heavy atom. The van der Waals surface area contributed by atoms with Crippen LogP contribution in [0.15, 0.2) is 24.3 Å². The van der Waals surface area contributed by atoms with Crippen molar-refractivity contribution < 1.29 is 14.3 Å². The second kappa shape index (κ2) is 2.82. The van der Waals surface area contributed by atoms with Crippen molar-refractivity contribution in [2.24, 2.45) is 0 Å². The molecule has 0 aromatic heterocycles. The molecule has 3 rings (SSSR count). The van der Waals surface area contributed by atoms with Gasteiger partial charge in [-0.2, -0.15) is 0 Å². The number of nitrogens with zero attached hydrogens (tertiary/aromatic N) is 1. The lowest BCUT2D eigenvalue weighted by Crippen LogP contribution is -2.39. The molecule has 0 N–H and O–H groups in total. The summed E-state index contributed by atoms with van der Waals surface area (Å²) in [7, 11) is 0. The van der Waals surface area contributed by atoms with E-state index >= 15 is 0 Å². The van der Waals surface area contributed by atoms with Gasteiger partial charge in [0.15, 0.2) is 0 Å². The highest BCUT2D eigenvalue weighted by molar-refractivity contribution is 5.96. The summed E-state index contributed by atoms with van der Waals surface area (Å²) in [5.41, 5.74) is 2.23. The summed E-state index contributed by atoms with van der Waals surface area (Å²) in [5.74, 6) is -0.422. The lowest BCUT2D eigenvalue weighted by molar-refractivity contribution is -0.135. The largest absolute Gasteiger partial charge is 0.418 e. The lowest BCUT2D eigenvalue weighted by Gasteiger charge is -2.27. The van der Waals surface area contributed by atoms with E-state index in [1.165, 1.54) is 4.90 Å². The summed E-state index contributed by atoms with van der Waals surface area (Å²) >= 11 is 0. The quantitative estimate of drug-likeness (QED) is 0.468. The number of carbonyl (C=O) groups is 2. The molecule has 15 heavy (non-hydrogen) atoms. The Labute approximate surface area is 86.4 Å². The number of ether oxygens (including phenoxy) is 1. The predicted molar refractivity (Wildman–Crippen MR) is 51.0 cm³/mol. The molecular formula is C11H9NO3. The van der Waals surface area contributed by atoms with Crippen molar-refractivity contribution in [2.75, 3.05) is 0 Å². The second-order valence-electron chi connectivity index (χ2n) is 3.80. The number of esters is 1. The smallest absolute Gasteiger partial charge is 0.375 e. The molecule has 4 nitrogen and oxygen atoms in total. The van der Waals surface area contributed by atoms with Crippen molar-refractivity contribution in [3.05, 3.63) is 35.4 Å². The molecule has 0 bridgehead atoms. The molecule has 76 valence electrons. The number of hydrogen-bond acceptors (Lipinski definition) is 3. The minimum Gasteiger partial charge on any atom is -0.375 e. The van der Waals surface area contributed by atoms with E-state index in [1.54, 1.807) is 0 Å². The topological polar surface area (TPSA) is 46.6 Å². The van der Waals surface area contributed by atoms with Gasteiger partial charge in [-0.05, 0) is 11.1 Å². The van der Waals surface area contributed by atoms with Crippen LogP contribution in [-0.4, -0.2) is 23.0 Å². The number of benzene rings is 1. The third kappa shape index (κ3) is 1.14. The first-order valence-corrected chi connectivity index (χ1v) is 4.85. The summed E-state index contributed by atoms with van der Waals surface area (Å²) in [6.07, 6.45) is 0.0558. The number of cyclic esters (lactones) is 2. The van der Waals surface area contributed by atoms with E-state index in [0.717, 1.165) is 11.1 Å². The molecule has 1 aromatic rings. The highest BCUT2D eigenvalue weighted by atomic mass is 16.6. The molecule has 1 fully saturated rings. The summed E-state index contributed by atoms with van der Waals surface area (Å²) in [6.45, 7) is 0.478. The van der Waals surface area contributed by atoms with Gasteiger partial charge in [-0.1, -0.05) is 24.3 Å². The molecular weight excluding hydrogens is 194 g/mol. The van der Waals surface area contributed by atoms with Gasteiger partial charge in [-0.3, -0.25) is 4.90 Å². The van der Waals surface area contributed by atoms with Crippen molar-refractivity contribution in [1.82, 2.24) is 4.90 Å². The molecule has 1 saturated heterocycles. The van der Waals surface area contributed by atoms with Crippen LogP contribution in [0.5, 0.6) is 0 Å². The minimum absolute atomic E-state index is 0.410. The Balaban J connectivity index is 2.03. The zero-order valence-corrected chi connectivity index (χ0v) is 7.97. The standard InChI is InChI=1S/C11H9NO3/c13-10-9-5-7-3-1-2-4-8(7)6-12(9)11(14)15-10/h1-4,9H,5-6H2. The summed E-state index contributed by atoms with van der Waals surface area (Å²) in [6, 6.07) is 7.43. The van der Waals surface area contributed by atoms with Gasteiger partial charge in [-0.15, -0.1) is 0 Å². The van der Waals surface area contributed by atoms with Gasteiger partial charge >= 0.3 is 12.1 Å². The van der Waals surface area contributed by atoms with Crippen LogP contribution in [0.25, 0.3) is 0 Å². The maximum absolute atomic E-state index is 11.3. The third-order valence-corrected chi connectivity index (χ3v) is 2.94. The van der Waals surface area contributed by atoms with E-state index in [0.29, 0.717) is 13.0 Å². The zero-order valence-electron chi connectivity index (χ0n) is 7.97. The Morgan fingerprint density at radius 3 is 2.73 bits per heavy atom. The Kier molecular flexibility index (Phi) is 1.59. The van der Waals surface area contributed by atoms with Crippen molar-refractivity contribution in [3.63, 3.8) is 0 Å². The van der Waals surface area contributed by atoms with E-state index in [4.69, 9.17) is 0 Å². The van der Waals surface area contributed by atoms with Gasteiger partial charge in [0.25, 0.3) is 0 Å². The van der Waals surface area contributed by atoms with E-state index in [2.05, 4.69) is 4.74 Å². The van der Waals surface area contributed by atoms with Gasteiger partial charge in [0.05, 0.1) is 6.54 Å². The average Bonchev–Trinajstić information content (AvgIpc) is 2.52. The number of rotatable bonds is 0. The normalized spacial score (nSPS) is 23.5. The van der Waals surface area contributed by atoms with Crippen LogP contribution in [0.3, 0.4) is 0 Å². The summed E-state index contributed by atoms with van der Waals surface area (Å²) in [4.78, 5) is 24.1. The van der Waals surface area contributed by atoms with Gasteiger partial charge in [0.1, 0.15) is 6.04 Å². The third-order valence-electron chi connectivity index (χ3n) is 2.94. The molecule has 0 spiro atoms. The molecule has 1 amide bonds. The number of carbonyl (C=O) groups excluding carboxylic acids is 2. The van der Waals surface area contributed by atoms with Crippen LogP contribution >= 0.6 is 0 Å². The molecule has 1 unspecified atom stereocenters. The number of fused-ring (bicyclic) bond motifs is 2. The Morgan fingerprint density at radius 2 is 1.93 bits per heavy atom. The first-order valence-electron chi connectivity index (χ1n) is 4.85. The fraction of sp³-hybridized carbons (Fsp3) is 0.273. The molecule has 2 aliphatic heterocycles. The van der Waals surface area contributed by atoms with Crippen LogP contribution in [0.1, 0.15) is 11.1 Å². The van der Waals surface area contributed by atoms with E-state index in [9.17, 15) is 9.59 Å². The average molecular weight is 203 g/mol. The molecule has 1 atom stereocenters. The lowest BCUT2D eigenvalue weighted by atomic mass is 9.95. The van der Waals surface area contributed by atoms with Crippen LogP contribution in [0.4, 0.5) is 4.79 Å². The maximum atomic E-state index is 11.3. The Bertz CT molecular complexity index is 414. The summed E-state index contributed by atoms with van der Waals surface area (Å²) < 4.78 is 4.59. The monoisotopic (exact) mass is 203 g/mol. The van der Waals surface area contributed by atoms with Crippen molar-refractivity contribution >= 4 is 12.1 Å². The highest BCUT2D eigenvalue weighted by Crippen LogP contribution is 2.27. The first kappa shape index (κ1) is 8.47. The zero-order chi connectivity index (χ0) is 10.4. The highest BCUT2D eigenvalue weighted by Gasteiger charge is 2.43. The van der Waals surface area contributed by atoms with Crippen molar-refractivity contribution in [1.29, 1.82) is 0 Å². The van der Waals surface area contributed by atoms with E-state index < -0.39 is 18.1 Å². The fourth-order valence-electron chi connectivity index (χ4n) is 2.14. The molecule has 4 heteroatoms. The van der Waals surface area contributed by atoms with Crippen LogP contribution in [0.2, 0.25) is 0 Å². The number of amides is 1. The van der Waals surface area contributed by atoms with Gasteiger partial charge < -0.3 is 4.74 Å². The van der Waals surface area contributed by atoms with Crippen LogP contribution in [0, 0.1) is 0 Å². The van der Waals surface area contributed by atoms with E-state index in [1.807, 2.05) is 24.3 Å². The Hall–Kier alpha value is -1.84. The molecule has 0 aliphatic carbocycles. The predicted octanol–water partition coefficient (Wildman–Crippen LogP) is 1.09. The van der Waals surface area contributed by atoms with Crippen LogP contribution in [-0.2, 0) is 22.5 Å². The second-order valence-corrected chi connectivity index (χ2v) is 3.80. The molecule has 2 heterocycles. The molecule has 2 aliphatic rings. The SMILES string of the molecule is O=C1OC(=O)N2Cc3ccccc3CC12. The van der Waals surface area contributed by atoms with Crippen LogP contribution < -0.4 is 0 Å². The minimum atomic E-state index is -0.514. The van der Waals surface area contributed by atoms with E-state index in [-0.39, 0.29) is 0 Å². The maximum Gasteiger partial charge on any atom is 0.418 e. The molecule has 0 saturated carbocycles. The first-order chi connectivity index (χ1) is 7.25. The van der Waals surface area contributed by atoms with Crippen molar-refractivity contribution in [2.45, 2.75) is 19.0 Å². The molecule has 1 aromatic carbocycles. The van der Waals surface area contributed by atoms with Gasteiger partial charge in [0, 0.05) is 6.42 Å². The van der Waals surface area contributed by atoms with Gasteiger partial charge in [-0.25, -0.2) is 9.59 Å². The summed E-state index contributed by atoms with van der Waals surface area (Å²) in [5, 5.41) is 0. The van der Waals surface area contributed by atoms with Crippen molar-refractivity contribution in [3.8, 4) is 0 Å². The van der Waals surface area contributed by atoms with Gasteiger partial charge in [0.2, 0.25) is 0 Å².